The van der Waals surface area contributed by atoms with Crippen LogP contribution in [-0.2, 0) is 17.9 Å². The molecule has 2 aromatic rings. The number of likely N-dealkylation sites (tertiary alicyclic amines) is 2. The maximum Gasteiger partial charge on any atom is 0.308 e. The molecule has 2 saturated heterocycles. The summed E-state index contributed by atoms with van der Waals surface area (Å²) >= 11 is 0. The number of nitrogens with one attached hydrogen (secondary N) is 1. The standard InChI is InChI=1S/C21H28N4O2/c1-16-2-4-17(5-3-16)12-24-10-7-21(8-11-24)15-25(14-19(21)20(26)27)13-18-6-9-22-23-18/h2-6,9,19H,7-8,10-15H2,1H3,(H,22,23)(H,26,27). The van der Waals surface area contributed by atoms with Gasteiger partial charge in [-0.15, -0.1) is 0 Å². The number of nitrogens with zero attached hydrogens (tertiary/aromatic N) is 3. The molecule has 144 valence electrons. The Labute approximate surface area is 160 Å². The Morgan fingerprint density at radius 3 is 2.56 bits per heavy atom. The summed E-state index contributed by atoms with van der Waals surface area (Å²) in [7, 11) is 0. The van der Waals surface area contributed by atoms with Crippen LogP contribution in [0.5, 0.6) is 0 Å². The van der Waals surface area contributed by atoms with Crippen molar-refractivity contribution in [1.29, 1.82) is 0 Å². The number of hydrogen-bond acceptors (Lipinski definition) is 4. The Morgan fingerprint density at radius 2 is 1.93 bits per heavy atom. The first-order chi connectivity index (χ1) is 13.0. The third-order valence-corrected chi connectivity index (χ3v) is 6.35. The summed E-state index contributed by atoms with van der Waals surface area (Å²) in [5.74, 6) is -0.920. The van der Waals surface area contributed by atoms with Crippen LogP contribution in [0.1, 0.15) is 29.7 Å². The van der Waals surface area contributed by atoms with Crippen molar-refractivity contribution < 1.29 is 9.90 Å². The van der Waals surface area contributed by atoms with Crippen molar-refractivity contribution >= 4 is 5.97 Å². The second-order valence-electron chi connectivity index (χ2n) is 8.27. The van der Waals surface area contributed by atoms with Crippen molar-refractivity contribution in [3.8, 4) is 0 Å². The van der Waals surface area contributed by atoms with Gasteiger partial charge in [-0.25, -0.2) is 0 Å². The van der Waals surface area contributed by atoms with Gasteiger partial charge in [-0.2, -0.15) is 5.10 Å². The molecule has 4 rings (SSSR count). The molecule has 0 amide bonds. The third kappa shape index (κ3) is 3.92. The van der Waals surface area contributed by atoms with E-state index in [1.54, 1.807) is 6.20 Å². The van der Waals surface area contributed by atoms with Crippen LogP contribution in [-0.4, -0.2) is 57.3 Å². The highest BCUT2D eigenvalue weighted by Crippen LogP contribution is 2.45. The molecule has 1 spiro atoms. The van der Waals surface area contributed by atoms with Gasteiger partial charge < -0.3 is 5.11 Å². The minimum absolute atomic E-state index is 0.102. The molecule has 2 N–H and O–H groups in total. The van der Waals surface area contributed by atoms with Crippen molar-refractivity contribution in [3.05, 3.63) is 53.3 Å². The Balaban J connectivity index is 1.40. The topological polar surface area (TPSA) is 72.5 Å². The minimum atomic E-state index is -0.644. The molecule has 6 nitrogen and oxygen atoms in total. The normalized spacial score (nSPS) is 23.1. The maximum absolute atomic E-state index is 12.0. The van der Waals surface area contributed by atoms with Gasteiger partial charge in [0.2, 0.25) is 0 Å². The van der Waals surface area contributed by atoms with E-state index < -0.39 is 5.97 Å². The van der Waals surface area contributed by atoms with E-state index in [4.69, 9.17) is 0 Å². The smallest absolute Gasteiger partial charge is 0.308 e. The predicted octanol–water partition coefficient (Wildman–Crippen LogP) is 2.52. The van der Waals surface area contributed by atoms with E-state index in [-0.39, 0.29) is 11.3 Å². The van der Waals surface area contributed by atoms with Crippen LogP contribution in [0, 0.1) is 18.3 Å². The second kappa shape index (κ2) is 7.44. The largest absolute Gasteiger partial charge is 0.481 e. The lowest BCUT2D eigenvalue weighted by molar-refractivity contribution is -0.146. The van der Waals surface area contributed by atoms with Gasteiger partial charge in [-0.05, 0) is 44.5 Å². The van der Waals surface area contributed by atoms with Crippen LogP contribution >= 0.6 is 0 Å². The number of aliphatic carboxylic acids is 1. The zero-order valence-corrected chi connectivity index (χ0v) is 15.9. The summed E-state index contributed by atoms with van der Waals surface area (Å²) < 4.78 is 0. The Bertz CT molecular complexity index is 764. The third-order valence-electron chi connectivity index (χ3n) is 6.35. The number of aromatic amines is 1. The second-order valence-corrected chi connectivity index (χ2v) is 8.27. The molecule has 2 aliphatic rings. The molecular weight excluding hydrogens is 340 g/mol. The highest BCUT2D eigenvalue weighted by atomic mass is 16.4. The molecule has 2 aliphatic heterocycles. The van der Waals surface area contributed by atoms with Crippen LogP contribution in [0.2, 0.25) is 0 Å². The van der Waals surface area contributed by atoms with Gasteiger partial charge >= 0.3 is 5.97 Å². The number of rotatable bonds is 5. The first-order valence-electron chi connectivity index (χ1n) is 9.75. The summed E-state index contributed by atoms with van der Waals surface area (Å²) in [6.07, 6.45) is 3.66. The number of benzene rings is 1. The van der Waals surface area contributed by atoms with Gasteiger partial charge in [0.15, 0.2) is 0 Å². The van der Waals surface area contributed by atoms with Crippen LogP contribution in [0.15, 0.2) is 36.5 Å². The van der Waals surface area contributed by atoms with Gasteiger partial charge in [0.25, 0.3) is 0 Å². The van der Waals surface area contributed by atoms with Gasteiger partial charge in [-0.3, -0.25) is 19.7 Å². The zero-order valence-electron chi connectivity index (χ0n) is 15.9. The molecule has 3 heterocycles. The predicted molar refractivity (Wildman–Crippen MR) is 103 cm³/mol. The van der Waals surface area contributed by atoms with Crippen LogP contribution in [0.4, 0.5) is 0 Å². The van der Waals surface area contributed by atoms with Crippen molar-refractivity contribution in [2.24, 2.45) is 11.3 Å². The first-order valence-corrected chi connectivity index (χ1v) is 9.75. The number of carboxylic acid groups (broad SMARTS) is 1. The van der Waals surface area contributed by atoms with Gasteiger partial charge in [-0.1, -0.05) is 29.8 Å². The average Bonchev–Trinajstić information content (AvgIpc) is 3.28. The Morgan fingerprint density at radius 1 is 1.19 bits per heavy atom. The molecule has 0 saturated carbocycles. The van der Waals surface area contributed by atoms with Crippen molar-refractivity contribution in [1.82, 2.24) is 20.0 Å². The number of carboxylic acids is 1. The fraction of sp³-hybridized carbons (Fsp3) is 0.524. The van der Waals surface area contributed by atoms with Crippen molar-refractivity contribution in [3.63, 3.8) is 0 Å². The number of carbonyl (C=O) groups is 1. The van der Waals surface area contributed by atoms with Crippen LogP contribution < -0.4 is 0 Å². The lowest BCUT2D eigenvalue weighted by atomic mass is 9.71. The molecule has 1 aromatic carbocycles. The monoisotopic (exact) mass is 368 g/mol. The SMILES string of the molecule is Cc1ccc(CN2CCC3(CC2)CN(Cc2ccn[nH]2)CC3C(=O)O)cc1. The van der Waals surface area contributed by atoms with E-state index in [0.717, 1.165) is 51.3 Å². The van der Waals surface area contributed by atoms with E-state index >= 15 is 0 Å². The van der Waals surface area contributed by atoms with Crippen LogP contribution in [0.25, 0.3) is 0 Å². The number of aryl methyl sites for hydroxylation is 1. The van der Waals surface area contributed by atoms with Crippen LogP contribution in [0.3, 0.4) is 0 Å². The fourth-order valence-electron chi connectivity index (χ4n) is 4.76. The quantitative estimate of drug-likeness (QED) is 0.848. The molecule has 1 atom stereocenters. The molecule has 1 unspecified atom stereocenters. The first kappa shape index (κ1) is 18.2. The summed E-state index contributed by atoms with van der Waals surface area (Å²) in [5.41, 5.74) is 3.56. The molecule has 27 heavy (non-hydrogen) atoms. The maximum atomic E-state index is 12.0. The van der Waals surface area contributed by atoms with Gasteiger partial charge in [0.05, 0.1) is 5.92 Å². The molecule has 0 radical (unpaired) electrons. The molecule has 0 bridgehead atoms. The van der Waals surface area contributed by atoms with E-state index in [1.807, 2.05) is 6.07 Å². The molecule has 6 heteroatoms. The average molecular weight is 368 g/mol. The highest BCUT2D eigenvalue weighted by molar-refractivity contribution is 5.72. The highest BCUT2D eigenvalue weighted by Gasteiger charge is 2.51. The number of H-pyrrole nitrogens is 1. The van der Waals surface area contributed by atoms with E-state index in [2.05, 4.69) is 51.2 Å². The lowest BCUT2D eigenvalue weighted by Crippen LogP contribution is -2.45. The Kier molecular flexibility index (Phi) is 5.02. The molecule has 2 fully saturated rings. The van der Waals surface area contributed by atoms with E-state index in [0.29, 0.717) is 6.54 Å². The summed E-state index contributed by atoms with van der Waals surface area (Å²) in [4.78, 5) is 16.7. The zero-order chi connectivity index (χ0) is 18.9. The van der Waals surface area contributed by atoms with Gasteiger partial charge in [0, 0.05) is 43.5 Å². The summed E-state index contributed by atoms with van der Waals surface area (Å²) in [6.45, 7) is 7.24. The Hall–Kier alpha value is -2.18. The number of hydrogen-bond donors (Lipinski definition) is 2. The fourth-order valence-corrected chi connectivity index (χ4v) is 4.76. The van der Waals surface area contributed by atoms with E-state index in [1.165, 1.54) is 11.1 Å². The van der Waals surface area contributed by atoms with E-state index in [9.17, 15) is 9.90 Å². The summed E-state index contributed by atoms with van der Waals surface area (Å²) in [6, 6.07) is 10.7. The molecule has 0 aliphatic carbocycles. The summed E-state index contributed by atoms with van der Waals surface area (Å²) in [5, 5.41) is 16.8. The minimum Gasteiger partial charge on any atom is -0.481 e. The number of aromatic nitrogens is 2. The lowest BCUT2D eigenvalue weighted by Gasteiger charge is -2.41. The molecule has 1 aromatic heterocycles. The van der Waals surface area contributed by atoms with Gasteiger partial charge in [0.1, 0.15) is 0 Å². The van der Waals surface area contributed by atoms with Crippen molar-refractivity contribution in [2.45, 2.75) is 32.9 Å². The number of piperidine rings is 1. The van der Waals surface area contributed by atoms with Crippen molar-refractivity contribution in [2.75, 3.05) is 26.2 Å². The molecular formula is C21H28N4O2.